The molecule has 2 aromatic rings. The number of imidazole rings is 1. The summed E-state index contributed by atoms with van der Waals surface area (Å²) >= 11 is 0. The number of primary amides is 1. The standard InChI is InChI=1S/C6H5N5O2/c7-6(12)13-5-3-4(9-1-8-3)10-2-11-5/h1-2H,(H2,7,12)(H,8,9,10,11). The van der Waals surface area contributed by atoms with Gasteiger partial charge in [-0.25, -0.2) is 14.8 Å². The third-order valence-corrected chi connectivity index (χ3v) is 1.38. The Bertz CT molecular complexity index is 451. The van der Waals surface area contributed by atoms with Crippen molar-refractivity contribution in [1.82, 2.24) is 19.9 Å². The highest BCUT2D eigenvalue weighted by Crippen LogP contribution is 2.16. The second-order valence-electron chi connectivity index (χ2n) is 2.20. The smallest absolute Gasteiger partial charge is 0.389 e. The zero-order valence-corrected chi connectivity index (χ0v) is 6.39. The van der Waals surface area contributed by atoms with Gasteiger partial charge in [-0.15, -0.1) is 0 Å². The molecule has 2 aromatic heterocycles. The molecule has 0 aliphatic heterocycles. The molecule has 2 rings (SSSR count). The minimum absolute atomic E-state index is 0.0544. The molecule has 0 aromatic carbocycles. The van der Waals surface area contributed by atoms with Gasteiger partial charge in [0.2, 0.25) is 0 Å². The summed E-state index contributed by atoms with van der Waals surface area (Å²) in [5, 5.41) is 0. The SMILES string of the molecule is NC(=O)Oc1ncnc2[nH]cnc12. The maximum Gasteiger partial charge on any atom is 0.411 e. The molecular formula is C6H5N5O2. The van der Waals surface area contributed by atoms with Crippen molar-refractivity contribution in [3.63, 3.8) is 0 Å². The van der Waals surface area contributed by atoms with E-state index in [-0.39, 0.29) is 5.88 Å². The zero-order valence-electron chi connectivity index (χ0n) is 6.39. The number of ether oxygens (including phenoxy) is 1. The number of H-pyrrole nitrogens is 1. The Morgan fingerprint density at radius 1 is 1.46 bits per heavy atom. The number of fused-ring (bicyclic) bond motifs is 1. The Labute approximate surface area is 72.0 Å². The number of hydrogen-bond donors (Lipinski definition) is 2. The highest BCUT2D eigenvalue weighted by Gasteiger charge is 2.08. The fourth-order valence-electron chi connectivity index (χ4n) is 0.913. The van der Waals surface area contributed by atoms with E-state index in [1.807, 2.05) is 0 Å². The van der Waals surface area contributed by atoms with Gasteiger partial charge < -0.3 is 15.5 Å². The highest BCUT2D eigenvalue weighted by atomic mass is 16.6. The Hall–Kier alpha value is -2.18. The van der Waals surface area contributed by atoms with Crippen LogP contribution in [0.15, 0.2) is 12.7 Å². The maximum absolute atomic E-state index is 10.4. The third kappa shape index (κ3) is 1.26. The fourth-order valence-corrected chi connectivity index (χ4v) is 0.913. The Morgan fingerprint density at radius 3 is 3.08 bits per heavy atom. The van der Waals surface area contributed by atoms with Crippen molar-refractivity contribution in [2.24, 2.45) is 5.73 Å². The minimum atomic E-state index is -0.928. The lowest BCUT2D eigenvalue weighted by Crippen LogP contribution is -2.17. The number of carbonyl (C=O) groups excluding carboxylic acids is 1. The average molecular weight is 179 g/mol. The first-order chi connectivity index (χ1) is 6.27. The largest absolute Gasteiger partial charge is 0.411 e. The van der Waals surface area contributed by atoms with Gasteiger partial charge in [0.15, 0.2) is 11.2 Å². The molecule has 0 atom stereocenters. The summed E-state index contributed by atoms with van der Waals surface area (Å²) in [7, 11) is 0. The molecule has 3 N–H and O–H groups in total. The predicted molar refractivity (Wildman–Crippen MR) is 41.9 cm³/mol. The van der Waals surface area contributed by atoms with Crippen LogP contribution in [0.1, 0.15) is 0 Å². The van der Waals surface area contributed by atoms with Crippen LogP contribution in [0.3, 0.4) is 0 Å². The van der Waals surface area contributed by atoms with Gasteiger partial charge in [0.25, 0.3) is 5.88 Å². The van der Waals surface area contributed by atoms with E-state index in [2.05, 4.69) is 24.7 Å². The van der Waals surface area contributed by atoms with Gasteiger partial charge in [-0.1, -0.05) is 0 Å². The number of hydrogen-bond acceptors (Lipinski definition) is 5. The summed E-state index contributed by atoms with van der Waals surface area (Å²) in [6.45, 7) is 0. The van der Waals surface area contributed by atoms with E-state index in [1.165, 1.54) is 12.7 Å². The van der Waals surface area contributed by atoms with Gasteiger partial charge in [0.05, 0.1) is 6.33 Å². The summed E-state index contributed by atoms with van der Waals surface area (Å²) in [4.78, 5) is 24.6. The first kappa shape index (κ1) is 7.47. The summed E-state index contributed by atoms with van der Waals surface area (Å²) in [6, 6.07) is 0. The minimum Gasteiger partial charge on any atom is -0.389 e. The van der Waals surface area contributed by atoms with Gasteiger partial charge in [0.1, 0.15) is 6.33 Å². The fraction of sp³-hybridized carbons (Fsp3) is 0. The molecule has 1 amide bonds. The van der Waals surface area contributed by atoms with Crippen LogP contribution in [0.2, 0.25) is 0 Å². The molecule has 7 nitrogen and oxygen atoms in total. The molecule has 0 aliphatic rings. The molecule has 0 saturated heterocycles. The zero-order chi connectivity index (χ0) is 9.26. The quantitative estimate of drug-likeness (QED) is 0.630. The van der Waals surface area contributed by atoms with E-state index in [9.17, 15) is 4.79 Å². The van der Waals surface area contributed by atoms with Crippen molar-refractivity contribution in [2.45, 2.75) is 0 Å². The summed E-state index contributed by atoms with van der Waals surface area (Å²) in [6.07, 6.45) is 1.74. The van der Waals surface area contributed by atoms with E-state index < -0.39 is 6.09 Å². The molecule has 0 radical (unpaired) electrons. The number of nitrogens with zero attached hydrogens (tertiary/aromatic N) is 3. The van der Waals surface area contributed by atoms with Crippen molar-refractivity contribution in [1.29, 1.82) is 0 Å². The Kier molecular flexibility index (Phi) is 1.55. The number of amides is 1. The van der Waals surface area contributed by atoms with Crippen LogP contribution in [0.5, 0.6) is 5.88 Å². The van der Waals surface area contributed by atoms with Crippen LogP contribution in [0, 0.1) is 0 Å². The van der Waals surface area contributed by atoms with Crippen LogP contribution in [0.25, 0.3) is 11.2 Å². The van der Waals surface area contributed by atoms with Crippen molar-refractivity contribution in [2.75, 3.05) is 0 Å². The van der Waals surface area contributed by atoms with E-state index in [4.69, 9.17) is 5.73 Å². The average Bonchev–Trinajstić information content (AvgIpc) is 2.51. The topological polar surface area (TPSA) is 107 Å². The van der Waals surface area contributed by atoms with Crippen molar-refractivity contribution in [3.05, 3.63) is 12.7 Å². The molecule has 0 unspecified atom stereocenters. The van der Waals surface area contributed by atoms with Gasteiger partial charge in [-0.05, 0) is 0 Å². The molecule has 0 bridgehead atoms. The molecule has 0 spiro atoms. The number of rotatable bonds is 1. The second kappa shape index (κ2) is 2.70. The molecule has 0 aliphatic carbocycles. The normalized spacial score (nSPS) is 10.2. The molecule has 0 fully saturated rings. The van der Waals surface area contributed by atoms with E-state index >= 15 is 0 Å². The van der Waals surface area contributed by atoms with Gasteiger partial charge in [-0.2, -0.15) is 4.98 Å². The molecular weight excluding hydrogens is 174 g/mol. The molecule has 7 heteroatoms. The van der Waals surface area contributed by atoms with Crippen molar-refractivity contribution in [3.8, 4) is 5.88 Å². The maximum atomic E-state index is 10.4. The van der Waals surface area contributed by atoms with Crippen LogP contribution in [0.4, 0.5) is 4.79 Å². The predicted octanol–water partition coefficient (Wildman–Crippen LogP) is -0.190. The van der Waals surface area contributed by atoms with E-state index in [0.717, 1.165) is 0 Å². The lowest BCUT2D eigenvalue weighted by atomic mass is 10.5. The lowest BCUT2D eigenvalue weighted by molar-refractivity contribution is 0.209. The van der Waals surface area contributed by atoms with Crippen LogP contribution in [-0.4, -0.2) is 26.0 Å². The van der Waals surface area contributed by atoms with Crippen molar-refractivity contribution < 1.29 is 9.53 Å². The summed E-state index contributed by atoms with van der Waals surface area (Å²) < 4.78 is 4.59. The van der Waals surface area contributed by atoms with E-state index in [1.54, 1.807) is 0 Å². The monoisotopic (exact) mass is 179 g/mol. The van der Waals surface area contributed by atoms with E-state index in [0.29, 0.717) is 11.2 Å². The lowest BCUT2D eigenvalue weighted by Gasteiger charge is -1.97. The molecule has 66 valence electrons. The number of aromatic nitrogens is 4. The summed E-state index contributed by atoms with van der Waals surface area (Å²) in [5.74, 6) is 0.0544. The molecule has 2 heterocycles. The van der Waals surface area contributed by atoms with Crippen LogP contribution in [-0.2, 0) is 0 Å². The van der Waals surface area contributed by atoms with Crippen LogP contribution < -0.4 is 10.5 Å². The first-order valence-electron chi connectivity index (χ1n) is 3.39. The summed E-state index contributed by atoms with van der Waals surface area (Å²) in [5.41, 5.74) is 5.69. The number of nitrogens with one attached hydrogen (secondary N) is 1. The number of carbonyl (C=O) groups is 1. The Balaban J connectivity index is 2.54. The molecule has 0 saturated carbocycles. The molecule has 13 heavy (non-hydrogen) atoms. The van der Waals surface area contributed by atoms with Crippen molar-refractivity contribution >= 4 is 17.3 Å². The van der Waals surface area contributed by atoms with Gasteiger partial charge >= 0.3 is 6.09 Å². The number of nitrogens with two attached hydrogens (primary N) is 1. The Morgan fingerprint density at radius 2 is 2.31 bits per heavy atom. The number of aromatic amines is 1. The third-order valence-electron chi connectivity index (χ3n) is 1.38. The first-order valence-corrected chi connectivity index (χ1v) is 3.39. The van der Waals surface area contributed by atoms with Gasteiger partial charge in [0, 0.05) is 0 Å². The van der Waals surface area contributed by atoms with Gasteiger partial charge in [-0.3, -0.25) is 0 Å². The van der Waals surface area contributed by atoms with Crippen LogP contribution >= 0.6 is 0 Å². The second-order valence-corrected chi connectivity index (χ2v) is 2.20. The highest BCUT2D eigenvalue weighted by molar-refractivity contribution is 5.79.